The van der Waals surface area contributed by atoms with Gasteiger partial charge < -0.3 is 19.7 Å². The Morgan fingerprint density at radius 1 is 1.17 bits per heavy atom. The van der Waals surface area contributed by atoms with Gasteiger partial charge in [0.15, 0.2) is 17.1 Å². The molecule has 0 saturated carbocycles. The van der Waals surface area contributed by atoms with Gasteiger partial charge in [-0.3, -0.25) is 9.20 Å². The molecule has 1 saturated heterocycles. The van der Waals surface area contributed by atoms with E-state index in [2.05, 4.69) is 20.4 Å². The smallest absolute Gasteiger partial charge is 0.231 e. The lowest BCUT2D eigenvalue weighted by molar-refractivity contribution is -0.125. The van der Waals surface area contributed by atoms with Crippen molar-refractivity contribution in [3.63, 3.8) is 0 Å². The Bertz CT molecular complexity index is 1020. The molecule has 3 heterocycles. The summed E-state index contributed by atoms with van der Waals surface area (Å²) in [7, 11) is 1.60. The van der Waals surface area contributed by atoms with Gasteiger partial charge in [-0.25, -0.2) is 0 Å². The normalized spacial score (nSPS) is 14.7. The minimum Gasteiger partial charge on any atom is -0.493 e. The molecule has 0 atom stereocenters. The van der Waals surface area contributed by atoms with Crippen molar-refractivity contribution in [3.05, 3.63) is 47.6 Å². The lowest BCUT2D eigenvalue weighted by Gasteiger charge is -2.31. The number of nitrogens with zero attached hydrogens (tertiary/aromatic N) is 4. The van der Waals surface area contributed by atoms with E-state index in [1.807, 2.05) is 40.9 Å². The Kier molecular flexibility index (Phi) is 6.23. The Labute approximate surface area is 179 Å². The third kappa shape index (κ3) is 4.43. The molecule has 1 fully saturated rings. The van der Waals surface area contributed by atoms with Gasteiger partial charge in [0, 0.05) is 25.2 Å². The first-order chi connectivity index (χ1) is 14.7. The van der Waals surface area contributed by atoms with Crippen molar-refractivity contribution < 1.29 is 14.3 Å². The zero-order valence-electron chi connectivity index (χ0n) is 16.8. The predicted octanol–water partition coefficient (Wildman–Crippen LogP) is 2.80. The zero-order valence-corrected chi connectivity index (χ0v) is 17.5. The molecule has 0 aliphatic carbocycles. The van der Waals surface area contributed by atoms with E-state index in [0.29, 0.717) is 29.7 Å². The molecule has 1 aromatic carbocycles. The van der Waals surface area contributed by atoms with Crippen molar-refractivity contribution in [2.24, 2.45) is 5.92 Å². The number of carbonyl (C=O) groups excluding carboxylic acids is 1. The first kappa shape index (κ1) is 20.3. The van der Waals surface area contributed by atoms with Gasteiger partial charge in [-0.2, -0.15) is 0 Å². The topological polar surface area (TPSA) is 81.0 Å². The largest absolute Gasteiger partial charge is 0.493 e. The quantitative estimate of drug-likeness (QED) is 0.582. The number of halogens is 1. The number of amides is 1. The molecule has 0 unspecified atom stereocenters. The standard InChI is InChI=1S/C21H24ClN5O3/c1-29-17-4-2-3-5-18(17)30-13-10-23-20(28)15-8-11-26(12-9-15)21-25-24-19-7-6-16(22)14-27(19)21/h2-7,14-15H,8-13H2,1H3,(H,23,28). The molecule has 9 heteroatoms. The maximum Gasteiger partial charge on any atom is 0.231 e. The molecular weight excluding hydrogens is 406 g/mol. The fourth-order valence-electron chi connectivity index (χ4n) is 3.63. The van der Waals surface area contributed by atoms with E-state index >= 15 is 0 Å². The van der Waals surface area contributed by atoms with Crippen LogP contribution in [0.4, 0.5) is 5.95 Å². The second kappa shape index (κ2) is 9.21. The van der Waals surface area contributed by atoms with Gasteiger partial charge >= 0.3 is 0 Å². The SMILES string of the molecule is COc1ccccc1OCCNC(=O)C1CCN(c2nnc3ccc(Cl)cn23)CC1. The van der Waals surface area contributed by atoms with Gasteiger partial charge in [-0.15, -0.1) is 10.2 Å². The molecular formula is C21H24ClN5O3. The van der Waals surface area contributed by atoms with Crippen molar-refractivity contribution in [1.82, 2.24) is 19.9 Å². The van der Waals surface area contributed by atoms with Crippen LogP contribution in [0.3, 0.4) is 0 Å². The van der Waals surface area contributed by atoms with Gasteiger partial charge in [0.05, 0.1) is 18.7 Å². The highest BCUT2D eigenvalue weighted by atomic mass is 35.5. The molecule has 2 aromatic heterocycles. The second-order valence-electron chi connectivity index (χ2n) is 7.13. The van der Waals surface area contributed by atoms with E-state index in [9.17, 15) is 4.79 Å². The van der Waals surface area contributed by atoms with Crippen LogP contribution in [-0.4, -0.2) is 53.9 Å². The lowest BCUT2D eigenvalue weighted by atomic mass is 9.96. The molecule has 1 aliphatic rings. The van der Waals surface area contributed by atoms with E-state index < -0.39 is 0 Å². The number of hydrogen-bond donors (Lipinski definition) is 1. The third-order valence-electron chi connectivity index (χ3n) is 5.22. The zero-order chi connectivity index (χ0) is 20.9. The molecule has 1 amide bonds. The van der Waals surface area contributed by atoms with Crippen LogP contribution >= 0.6 is 11.6 Å². The number of aromatic nitrogens is 3. The van der Waals surface area contributed by atoms with Crippen LogP contribution in [0.2, 0.25) is 5.02 Å². The first-order valence-corrected chi connectivity index (χ1v) is 10.3. The molecule has 0 radical (unpaired) electrons. The van der Waals surface area contributed by atoms with Gasteiger partial charge in [0.25, 0.3) is 0 Å². The van der Waals surface area contributed by atoms with E-state index in [4.69, 9.17) is 21.1 Å². The number of ether oxygens (including phenoxy) is 2. The van der Waals surface area contributed by atoms with Crippen molar-refractivity contribution in [2.75, 3.05) is 38.3 Å². The third-order valence-corrected chi connectivity index (χ3v) is 5.45. The van der Waals surface area contributed by atoms with Crippen LogP contribution in [0.15, 0.2) is 42.6 Å². The molecule has 4 rings (SSSR count). The number of fused-ring (bicyclic) bond motifs is 1. The summed E-state index contributed by atoms with van der Waals surface area (Å²) in [5.74, 6) is 2.15. The predicted molar refractivity (Wildman–Crippen MR) is 114 cm³/mol. The highest BCUT2D eigenvalue weighted by Crippen LogP contribution is 2.26. The van der Waals surface area contributed by atoms with E-state index in [-0.39, 0.29) is 11.8 Å². The summed E-state index contributed by atoms with van der Waals surface area (Å²) >= 11 is 6.10. The average Bonchev–Trinajstić information content (AvgIpc) is 3.20. The van der Waals surface area contributed by atoms with Gasteiger partial charge in [0.1, 0.15) is 6.61 Å². The number of piperidine rings is 1. The Morgan fingerprint density at radius 2 is 1.93 bits per heavy atom. The first-order valence-electron chi connectivity index (χ1n) is 9.94. The highest BCUT2D eigenvalue weighted by molar-refractivity contribution is 6.30. The summed E-state index contributed by atoms with van der Waals surface area (Å²) < 4.78 is 12.8. The number of methoxy groups -OCH3 is 1. The fourth-order valence-corrected chi connectivity index (χ4v) is 3.79. The molecule has 1 N–H and O–H groups in total. The summed E-state index contributed by atoms with van der Waals surface area (Å²) in [5, 5.41) is 12.1. The average molecular weight is 430 g/mol. The minimum atomic E-state index is -0.0183. The highest BCUT2D eigenvalue weighted by Gasteiger charge is 2.27. The number of pyridine rings is 1. The fraction of sp³-hybridized carbons (Fsp3) is 0.381. The van der Waals surface area contributed by atoms with Gasteiger partial charge in [0.2, 0.25) is 11.9 Å². The maximum atomic E-state index is 12.5. The van der Waals surface area contributed by atoms with Crippen molar-refractivity contribution in [2.45, 2.75) is 12.8 Å². The molecule has 8 nitrogen and oxygen atoms in total. The molecule has 158 valence electrons. The summed E-state index contributed by atoms with van der Waals surface area (Å²) in [5.41, 5.74) is 0.754. The number of para-hydroxylation sites is 2. The molecule has 0 bridgehead atoms. The summed E-state index contributed by atoms with van der Waals surface area (Å²) in [6, 6.07) is 11.1. The van der Waals surface area contributed by atoms with E-state index in [1.165, 1.54) is 0 Å². The van der Waals surface area contributed by atoms with E-state index in [0.717, 1.165) is 37.5 Å². The van der Waals surface area contributed by atoms with Crippen LogP contribution in [0.5, 0.6) is 11.5 Å². The molecule has 3 aromatic rings. The number of nitrogens with one attached hydrogen (secondary N) is 1. The molecule has 1 aliphatic heterocycles. The van der Waals surface area contributed by atoms with Crippen LogP contribution in [0, 0.1) is 5.92 Å². The van der Waals surface area contributed by atoms with Crippen molar-refractivity contribution in [1.29, 1.82) is 0 Å². The second-order valence-corrected chi connectivity index (χ2v) is 7.56. The van der Waals surface area contributed by atoms with Crippen LogP contribution in [0.1, 0.15) is 12.8 Å². The Hall–Kier alpha value is -3.00. The van der Waals surface area contributed by atoms with E-state index in [1.54, 1.807) is 13.2 Å². The molecule has 30 heavy (non-hydrogen) atoms. The van der Waals surface area contributed by atoms with Crippen LogP contribution in [-0.2, 0) is 4.79 Å². The Balaban J connectivity index is 1.25. The van der Waals surface area contributed by atoms with Crippen LogP contribution in [0.25, 0.3) is 5.65 Å². The van der Waals surface area contributed by atoms with Crippen molar-refractivity contribution in [3.8, 4) is 11.5 Å². The lowest BCUT2D eigenvalue weighted by Crippen LogP contribution is -2.42. The van der Waals surface area contributed by atoms with Gasteiger partial charge in [-0.1, -0.05) is 23.7 Å². The Morgan fingerprint density at radius 3 is 2.70 bits per heavy atom. The van der Waals surface area contributed by atoms with Crippen LogP contribution < -0.4 is 19.7 Å². The van der Waals surface area contributed by atoms with Crippen molar-refractivity contribution >= 4 is 29.1 Å². The summed E-state index contributed by atoms with van der Waals surface area (Å²) in [6.45, 7) is 2.31. The summed E-state index contributed by atoms with van der Waals surface area (Å²) in [6.07, 6.45) is 3.33. The monoisotopic (exact) mass is 429 g/mol. The number of benzene rings is 1. The number of rotatable bonds is 7. The number of anilines is 1. The molecule has 0 spiro atoms. The minimum absolute atomic E-state index is 0.0183. The maximum absolute atomic E-state index is 12.5. The number of hydrogen-bond acceptors (Lipinski definition) is 6. The summed E-state index contributed by atoms with van der Waals surface area (Å²) in [4.78, 5) is 14.7. The van der Waals surface area contributed by atoms with Gasteiger partial charge in [-0.05, 0) is 37.1 Å². The number of carbonyl (C=O) groups is 1.